The Morgan fingerprint density at radius 1 is 1.29 bits per heavy atom. The van der Waals surface area contributed by atoms with Crippen molar-refractivity contribution in [2.45, 2.75) is 26.2 Å². The molecule has 1 aromatic rings. The summed E-state index contributed by atoms with van der Waals surface area (Å²) in [6.07, 6.45) is 8.64. The largest absolute Gasteiger partial charge is 0.351 e. The van der Waals surface area contributed by atoms with Gasteiger partial charge in [-0.2, -0.15) is 0 Å². The molecule has 0 saturated heterocycles. The van der Waals surface area contributed by atoms with Crippen LogP contribution in [-0.2, 0) is 7.05 Å². The van der Waals surface area contributed by atoms with Gasteiger partial charge in [-0.15, -0.1) is 0 Å². The quantitative estimate of drug-likeness (QED) is 0.625. The molecule has 0 amide bonds. The van der Waals surface area contributed by atoms with Gasteiger partial charge in [0.2, 0.25) is 0 Å². The van der Waals surface area contributed by atoms with E-state index in [1.807, 2.05) is 0 Å². The second-order valence-corrected chi connectivity index (χ2v) is 5.05. The molecule has 2 aliphatic rings. The van der Waals surface area contributed by atoms with Gasteiger partial charge in [0.1, 0.15) is 0 Å². The lowest BCUT2D eigenvalue weighted by Crippen LogP contribution is -2.31. The highest BCUT2D eigenvalue weighted by molar-refractivity contribution is 5.50. The van der Waals surface area contributed by atoms with Gasteiger partial charge in [0, 0.05) is 18.6 Å². The smallest absolute Gasteiger partial charge is 0.0440 e. The monoisotopic (exact) mass is 187 g/mol. The molecule has 0 bridgehead atoms. The van der Waals surface area contributed by atoms with Crippen LogP contribution in [0.3, 0.4) is 0 Å². The fourth-order valence-corrected chi connectivity index (χ4v) is 2.57. The Kier molecular flexibility index (Phi) is 1.51. The molecule has 74 valence electrons. The van der Waals surface area contributed by atoms with Crippen LogP contribution in [0, 0.1) is 11.8 Å². The molecule has 3 rings (SSSR count). The Balaban J connectivity index is 2.33. The minimum absolute atomic E-state index is 0.643. The van der Waals surface area contributed by atoms with E-state index in [2.05, 4.69) is 43.8 Å². The van der Waals surface area contributed by atoms with Crippen molar-refractivity contribution in [3.8, 4) is 0 Å². The van der Waals surface area contributed by atoms with Crippen LogP contribution in [0.25, 0.3) is 12.2 Å². The molecule has 0 aliphatic heterocycles. The van der Waals surface area contributed by atoms with Crippen LogP contribution in [-0.4, -0.2) is 4.57 Å². The highest BCUT2D eigenvalue weighted by atomic mass is 14.9. The molecule has 2 atom stereocenters. The minimum atomic E-state index is 0.643. The molecule has 0 N–H and O–H groups in total. The number of fused-ring (bicyclic) bond motifs is 2. The molecule has 1 fully saturated rings. The van der Waals surface area contributed by atoms with Crippen LogP contribution < -0.4 is 10.6 Å². The normalized spacial score (nSPS) is 27.7. The summed E-state index contributed by atoms with van der Waals surface area (Å²) in [7, 11) is 2.16. The maximum Gasteiger partial charge on any atom is 0.0440 e. The number of rotatable bonds is 1. The van der Waals surface area contributed by atoms with E-state index >= 15 is 0 Å². The molecule has 1 heterocycles. The Morgan fingerprint density at radius 3 is 2.71 bits per heavy atom. The van der Waals surface area contributed by atoms with Crippen molar-refractivity contribution in [2.24, 2.45) is 18.9 Å². The fourth-order valence-electron chi connectivity index (χ4n) is 2.57. The lowest BCUT2D eigenvalue weighted by molar-refractivity contribution is 0.842. The summed E-state index contributed by atoms with van der Waals surface area (Å²) in [4.78, 5) is 0. The van der Waals surface area contributed by atoms with E-state index in [0.29, 0.717) is 5.92 Å². The van der Waals surface area contributed by atoms with Gasteiger partial charge >= 0.3 is 0 Å². The van der Waals surface area contributed by atoms with Crippen LogP contribution in [0.2, 0.25) is 0 Å². The first-order chi connectivity index (χ1) is 6.66. The fraction of sp³-hybridized carbons (Fsp3) is 0.538. The van der Waals surface area contributed by atoms with E-state index in [4.69, 9.17) is 0 Å². The molecule has 1 saturated carbocycles. The van der Waals surface area contributed by atoms with Crippen molar-refractivity contribution in [2.75, 3.05) is 0 Å². The van der Waals surface area contributed by atoms with Crippen LogP contribution in [0.4, 0.5) is 0 Å². The molecule has 14 heavy (non-hydrogen) atoms. The van der Waals surface area contributed by atoms with E-state index in [0.717, 1.165) is 11.8 Å². The second kappa shape index (κ2) is 2.53. The van der Waals surface area contributed by atoms with Crippen LogP contribution in [0.1, 0.15) is 31.7 Å². The number of hydrogen-bond acceptors (Lipinski definition) is 0. The van der Waals surface area contributed by atoms with Crippen molar-refractivity contribution in [3.05, 3.63) is 22.3 Å². The van der Waals surface area contributed by atoms with E-state index < -0.39 is 0 Å². The van der Waals surface area contributed by atoms with Gasteiger partial charge in [-0.05, 0) is 35.0 Å². The maximum atomic E-state index is 2.50. The molecule has 1 aromatic heterocycles. The predicted molar refractivity (Wildman–Crippen MR) is 59.3 cm³/mol. The van der Waals surface area contributed by atoms with Crippen molar-refractivity contribution in [1.82, 2.24) is 4.57 Å². The van der Waals surface area contributed by atoms with Crippen LogP contribution >= 0.6 is 0 Å². The third-order valence-electron chi connectivity index (χ3n) is 3.57. The first kappa shape index (κ1) is 8.34. The van der Waals surface area contributed by atoms with Gasteiger partial charge in [-0.3, -0.25) is 0 Å². The van der Waals surface area contributed by atoms with Crippen LogP contribution in [0.5, 0.6) is 0 Å². The van der Waals surface area contributed by atoms with Crippen molar-refractivity contribution in [3.63, 3.8) is 0 Å². The Hall–Kier alpha value is -0.980. The zero-order valence-electron chi connectivity index (χ0n) is 9.12. The molecule has 1 heteroatoms. The lowest BCUT2D eigenvalue weighted by Gasteiger charge is -2.01. The summed E-state index contributed by atoms with van der Waals surface area (Å²) in [5.74, 6) is 2.36. The van der Waals surface area contributed by atoms with E-state index in [9.17, 15) is 0 Å². The number of nitrogens with zero attached hydrogens (tertiary/aromatic N) is 1. The zero-order chi connectivity index (χ0) is 9.87. The Labute approximate surface area is 84.7 Å². The summed E-state index contributed by atoms with van der Waals surface area (Å²) in [5, 5.41) is 2.97. The molecule has 0 spiro atoms. The average molecular weight is 187 g/mol. The van der Waals surface area contributed by atoms with Crippen molar-refractivity contribution in [1.29, 1.82) is 0 Å². The van der Waals surface area contributed by atoms with E-state index in [1.165, 1.54) is 22.6 Å². The second-order valence-electron chi connectivity index (χ2n) is 5.05. The van der Waals surface area contributed by atoms with Gasteiger partial charge in [0.25, 0.3) is 0 Å². The van der Waals surface area contributed by atoms with Gasteiger partial charge in [-0.1, -0.05) is 26.0 Å². The molecular weight excluding hydrogens is 170 g/mol. The third kappa shape index (κ3) is 1.01. The standard InChI is InChI=1S/C13H17N/c1-8(2)12-7-14(3)13-6-10-4-9(10)5-11(12)13/h5-10H,4H2,1-3H3. The molecular formula is C13H17N. The predicted octanol–water partition coefficient (Wildman–Crippen LogP) is 1.36. The van der Waals surface area contributed by atoms with Gasteiger partial charge < -0.3 is 4.57 Å². The molecule has 2 aliphatic carbocycles. The first-order valence-electron chi connectivity index (χ1n) is 5.55. The molecule has 0 aromatic carbocycles. The highest BCUT2D eigenvalue weighted by Crippen LogP contribution is 2.42. The topological polar surface area (TPSA) is 4.93 Å². The summed E-state index contributed by atoms with van der Waals surface area (Å²) in [6, 6.07) is 0. The summed E-state index contributed by atoms with van der Waals surface area (Å²) >= 11 is 0. The average Bonchev–Trinajstić information content (AvgIpc) is 2.82. The SMILES string of the molecule is CC(C)c1cn(C)c2c1=CC1CC1C=2. The number of aryl methyl sites for hydroxylation is 1. The minimum Gasteiger partial charge on any atom is -0.351 e. The zero-order valence-corrected chi connectivity index (χ0v) is 9.12. The first-order valence-corrected chi connectivity index (χ1v) is 5.55. The van der Waals surface area contributed by atoms with Crippen molar-refractivity contribution < 1.29 is 0 Å². The molecule has 1 nitrogen and oxygen atoms in total. The van der Waals surface area contributed by atoms with Gasteiger partial charge in [0.15, 0.2) is 0 Å². The highest BCUT2D eigenvalue weighted by Gasteiger charge is 2.35. The van der Waals surface area contributed by atoms with Gasteiger partial charge in [-0.25, -0.2) is 0 Å². The summed E-state index contributed by atoms with van der Waals surface area (Å²) in [5.41, 5.74) is 1.52. The summed E-state index contributed by atoms with van der Waals surface area (Å²) < 4.78 is 2.29. The van der Waals surface area contributed by atoms with Crippen molar-refractivity contribution >= 4 is 12.2 Å². The summed E-state index contributed by atoms with van der Waals surface area (Å²) in [6.45, 7) is 4.56. The third-order valence-corrected chi connectivity index (χ3v) is 3.57. The molecule has 0 radical (unpaired) electrons. The van der Waals surface area contributed by atoms with Crippen LogP contribution in [0.15, 0.2) is 6.20 Å². The van der Waals surface area contributed by atoms with E-state index in [1.54, 1.807) is 0 Å². The maximum absolute atomic E-state index is 2.50. The lowest BCUT2D eigenvalue weighted by atomic mass is 10.0. The number of hydrogen-bond donors (Lipinski definition) is 0. The number of aromatic nitrogens is 1. The Bertz CT molecular complexity index is 490. The van der Waals surface area contributed by atoms with E-state index in [-0.39, 0.29) is 0 Å². The Morgan fingerprint density at radius 2 is 2.00 bits per heavy atom. The molecule has 2 unspecified atom stereocenters. The van der Waals surface area contributed by atoms with Gasteiger partial charge in [0.05, 0.1) is 0 Å².